The molecule has 0 atom stereocenters. The number of amides is 1. The molecule has 4 nitrogen and oxygen atoms in total. The molecule has 1 N–H and O–H groups in total. The summed E-state index contributed by atoms with van der Waals surface area (Å²) in [5, 5.41) is 11.1. The van der Waals surface area contributed by atoms with E-state index in [0.717, 1.165) is 37.2 Å². The van der Waals surface area contributed by atoms with Crippen LogP contribution in [0.4, 0.5) is 0 Å². The Morgan fingerprint density at radius 1 is 1.47 bits per heavy atom. The summed E-state index contributed by atoms with van der Waals surface area (Å²) < 4.78 is 5.62. The fourth-order valence-corrected chi connectivity index (χ4v) is 1.61. The molecule has 0 aliphatic rings. The van der Waals surface area contributed by atoms with Gasteiger partial charge >= 0.3 is 0 Å². The Bertz CT molecular complexity index is 438. The minimum atomic E-state index is -0.224. The highest BCUT2D eigenvalue weighted by atomic mass is 16.5. The first-order valence-corrected chi connectivity index (χ1v) is 6.61. The lowest BCUT2D eigenvalue weighted by Crippen LogP contribution is -2.24. The summed E-state index contributed by atoms with van der Waals surface area (Å²) in [6.07, 6.45) is 2.82. The fourth-order valence-electron chi connectivity index (χ4n) is 1.61. The second-order valence-electron chi connectivity index (χ2n) is 4.28. The quantitative estimate of drug-likeness (QED) is 0.730. The van der Waals surface area contributed by atoms with Crippen molar-refractivity contribution in [3.05, 3.63) is 29.8 Å². The standard InChI is InChI=1S/C15H20N2O2/c1-2-3-11-19-14-6-4-5-13(12-14)8-10-17-15(18)7-9-16/h4-6,12H,2-3,7-8,10-11H2,1H3,(H,17,18). The van der Waals surface area contributed by atoms with E-state index in [4.69, 9.17) is 10.00 Å². The molecule has 0 radical (unpaired) electrons. The van der Waals surface area contributed by atoms with Crippen molar-refractivity contribution in [3.8, 4) is 11.8 Å². The number of rotatable bonds is 8. The van der Waals surface area contributed by atoms with E-state index in [0.29, 0.717) is 6.54 Å². The Kier molecular flexibility index (Phi) is 7.11. The van der Waals surface area contributed by atoms with Crippen LogP contribution in [0.3, 0.4) is 0 Å². The van der Waals surface area contributed by atoms with Gasteiger partial charge in [0.25, 0.3) is 0 Å². The number of nitriles is 1. The van der Waals surface area contributed by atoms with Crippen molar-refractivity contribution in [2.24, 2.45) is 0 Å². The van der Waals surface area contributed by atoms with Gasteiger partial charge in [0.2, 0.25) is 5.91 Å². The molecular formula is C15H20N2O2. The van der Waals surface area contributed by atoms with Gasteiger partial charge in [-0.1, -0.05) is 25.5 Å². The number of ether oxygens (including phenoxy) is 1. The second-order valence-corrected chi connectivity index (χ2v) is 4.28. The number of carbonyl (C=O) groups is 1. The van der Waals surface area contributed by atoms with E-state index in [1.807, 2.05) is 30.3 Å². The van der Waals surface area contributed by atoms with Gasteiger partial charge in [0.05, 0.1) is 12.7 Å². The van der Waals surface area contributed by atoms with Crippen LogP contribution in [0.15, 0.2) is 24.3 Å². The number of unbranched alkanes of at least 4 members (excludes halogenated alkanes) is 1. The molecule has 0 fully saturated rings. The van der Waals surface area contributed by atoms with Gasteiger partial charge in [0.15, 0.2) is 0 Å². The van der Waals surface area contributed by atoms with Crippen LogP contribution in [-0.4, -0.2) is 19.1 Å². The molecule has 102 valence electrons. The number of nitrogens with one attached hydrogen (secondary N) is 1. The predicted molar refractivity (Wildman–Crippen MR) is 73.8 cm³/mol. The molecule has 1 aromatic carbocycles. The first kappa shape index (κ1) is 15.0. The molecule has 19 heavy (non-hydrogen) atoms. The molecule has 0 aliphatic heterocycles. The molecule has 0 aromatic heterocycles. The van der Waals surface area contributed by atoms with E-state index < -0.39 is 0 Å². The molecule has 1 amide bonds. The molecule has 0 saturated carbocycles. The highest BCUT2D eigenvalue weighted by Crippen LogP contribution is 2.14. The zero-order valence-electron chi connectivity index (χ0n) is 11.3. The maximum atomic E-state index is 11.1. The van der Waals surface area contributed by atoms with E-state index in [-0.39, 0.29) is 12.3 Å². The number of hydrogen-bond acceptors (Lipinski definition) is 3. The van der Waals surface area contributed by atoms with Crippen molar-refractivity contribution in [1.82, 2.24) is 5.32 Å². The van der Waals surface area contributed by atoms with Crippen molar-refractivity contribution in [2.75, 3.05) is 13.2 Å². The Morgan fingerprint density at radius 3 is 3.05 bits per heavy atom. The molecule has 0 spiro atoms. The molecule has 1 rings (SSSR count). The molecule has 1 aromatic rings. The van der Waals surface area contributed by atoms with Crippen molar-refractivity contribution in [3.63, 3.8) is 0 Å². The minimum Gasteiger partial charge on any atom is -0.494 e. The van der Waals surface area contributed by atoms with Gasteiger partial charge in [-0.25, -0.2) is 0 Å². The number of benzene rings is 1. The number of nitrogens with zero attached hydrogens (tertiary/aromatic N) is 1. The van der Waals surface area contributed by atoms with Crippen molar-refractivity contribution < 1.29 is 9.53 Å². The zero-order valence-corrected chi connectivity index (χ0v) is 11.3. The van der Waals surface area contributed by atoms with E-state index in [1.54, 1.807) is 0 Å². The normalized spacial score (nSPS) is 9.68. The third kappa shape index (κ3) is 6.46. The maximum Gasteiger partial charge on any atom is 0.234 e. The Hall–Kier alpha value is -2.02. The average Bonchev–Trinajstić information content (AvgIpc) is 2.40. The van der Waals surface area contributed by atoms with Crippen molar-refractivity contribution >= 4 is 5.91 Å². The highest BCUT2D eigenvalue weighted by molar-refractivity contribution is 5.77. The smallest absolute Gasteiger partial charge is 0.234 e. The fraction of sp³-hybridized carbons (Fsp3) is 0.467. The van der Waals surface area contributed by atoms with Gasteiger partial charge in [-0.05, 0) is 30.5 Å². The van der Waals surface area contributed by atoms with Crippen LogP contribution in [0.25, 0.3) is 0 Å². The molecule has 0 saturated heterocycles. The largest absolute Gasteiger partial charge is 0.494 e. The van der Waals surface area contributed by atoms with E-state index in [9.17, 15) is 4.79 Å². The first-order chi connectivity index (χ1) is 9.26. The number of hydrogen-bond donors (Lipinski definition) is 1. The summed E-state index contributed by atoms with van der Waals surface area (Å²) in [7, 11) is 0. The Balaban J connectivity index is 2.35. The van der Waals surface area contributed by atoms with Gasteiger partial charge in [-0.15, -0.1) is 0 Å². The third-order valence-corrected chi connectivity index (χ3v) is 2.64. The van der Waals surface area contributed by atoms with Crippen LogP contribution in [0.5, 0.6) is 5.75 Å². The summed E-state index contributed by atoms with van der Waals surface area (Å²) in [5.41, 5.74) is 1.12. The maximum absolute atomic E-state index is 11.1. The minimum absolute atomic E-state index is 0.0832. The van der Waals surface area contributed by atoms with Crippen LogP contribution in [0.2, 0.25) is 0 Å². The summed E-state index contributed by atoms with van der Waals surface area (Å²) >= 11 is 0. The summed E-state index contributed by atoms with van der Waals surface area (Å²) in [4.78, 5) is 11.1. The Labute approximate surface area is 114 Å². The molecule has 0 heterocycles. The number of carbonyl (C=O) groups excluding carboxylic acids is 1. The van der Waals surface area contributed by atoms with E-state index >= 15 is 0 Å². The molecule has 0 bridgehead atoms. The predicted octanol–water partition coefficient (Wildman–Crippen LogP) is 2.44. The second kappa shape index (κ2) is 8.98. The van der Waals surface area contributed by atoms with Gasteiger partial charge in [0.1, 0.15) is 12.2 Å². The van der Waals surface area contributed by atoms with Crippen LogP contribution in [0, 0.1) is 11.3 Å². The van der Waals surface area contributed by atoms with Crippen molar-refractivity contribution in [2.45, 2.75) is 32.6 Å². The van der Waals surface area contributed by atoms with Gasteiger partial charge < -0.3 is 10.1 Å². The van der Waals surface area contributed by atoms with E-state index in [1.165, 1.54) is 0 Å². The van der Waals surface area contributed by atoms with Crippen LogP contribution < -0.4 is 10.1 Å². The highest BCUT2D eigenvalue weighted by Gasteiger charge is 2.00. The lowest BCUT2D eigenvalue weighted by atomic mass is 10.1. The molecule has 0 unspecified atom stereocenters. The molecular weight excluding hydrogens is 240 g/mol. The summed E-state index contributed by atoms with van der Waals surface area (Å²) in [6.45, 7) is 3.40. The Morgan fingerprint density at radius 2 is 2.32 bits per heavy atom. The van der Waals surface area contributed by atoms with Crippen LogP contribution >= 0.6 is 0 Å². The topological polar surface area (TPSA) is 62.1 Å². The average molecular weight is 260 g/mol. The van der Waals surface area contributed by atoms with Crippen LogP contribution in [-0.2, 0) is 11.2 Å². The third-order valence-electron chi connectivity index (χ3n) is 2.64. The van der Waals surface area contributed by atoms with Crippen LogP contribution in [0.1, 0.15) is 31.7 Å². The SMILES string of the molecule is CCCCOc1cccc(CCNC(=O)CC#N)c1. The lowest BCUT2D eigenvalue weighted by molar-refractivity contribution is -0.120. The van der Waals surface area contributed by atoms with Gasteiger partial charge in [-0.2, -0.15) is 5.26 Å². The lowest BCUT2D eigenvalue weighted by Gasteiger charge is -2.08. The monoisotopic (exact) mass is 260 g/mol. The van der Waals surface area contributed by atoms with Gasteiger partial charge in [-0.3, -0.25) is 4.79 Å². The molecule has 4 heteroatoms. The summed E-state index contributed by atoms with van der Waals surface area (Å²) in [5.74, 6) is 0.646. The molecule has 0 aliphatic carbocycles. The van der Waals surface area contributed by atoms with E-state index in [2.05, 4.69) is 12.2 Å². The summed E-state index contributed by atoms with van der Waals surface area (Å²) in [6, 6.07) is 9.71. The van der Waals surface area contributed by atoms with Gasteiger partial charge in [0, 0.05) is 6.54 Å². The zero-order chi connectivity index (χ0) is 13.9. The first-order valence-electron chi connectivity index (χ1n) is 6.61. The van der Waals surface area contributed by atoms with Crippen molar-refractivity contribution in [1.29, 1.82) is 5.26 Å².